The quantitative estimate of drug-likeness (QED) is 0.780. The zero-order valence-electron chi connectivity index (χ0n) is 12.1. The van der Waals surface area contributed by atoms with Crippen LogP contribution in [0.2, 0.25) is 0 Å². The summed E-state index contributed by atoms with van der Waals surface area (Å²) in [5.41, 5.74) is 7.91. The Morgan fingerprint density at radius 3 is 2.85 bits per heavy atom. The molecule has 0 saturated heterocycles. The van der Waals surface area contributed by atoms with E-state index in [0.717, 1.165) is 11.1 Å². The summed E-state index contributed by atoms with van der Waals surface area (Å²) in [6.07, 6.45) is 0. The summed E-state index contributed by atoms with van der Waals surface area (Å²) >= 11 is 0. The summed E-state index contributed by atoms with van der Waals surface area (Å²) < 4.78 is 16.1. The molecule has 2 aromatic rings. The van der Waals surface area contributed by atoms with E-state index >= 15 is 0 Å². The monoisotopic (exact) mass is 279 g/mol. The van der Waals surface area contributed by atoms with Gasteiger partial charge in [0.1, 0.15) is 5.52 Å². The molecular weight excluding hydrogens is 258 g/mol. The second kappa shape index (κ2) is 6.58. The number of ether oxygens (including phenoxy) is 2. The SMILES string of the molecule is COCCN(c1nc2cc(N)ccc2o1)C(C)COC. The number of fused-ring (bicyclic) bond motifs is 1. The summed E-state index contributed by atoms with van der Waals surface area (Å²) in [7, 11) is 3.35. The smallest absolute Gasteiger partial charge is 0.298 e. The van der Waals surface area contributed by atoms with Gasteiger partial charge >= 0.3 is 0 Å². The van der Waals surface area contributed by atoms with Crippen LogP contribution < -0.4 is 10.6 Å². The Balaban J connectivity index is 2.29. The van der Waals surface area contributed by atoms with Crippen molar-refractivity contribution in [2.75, 3.05) is 44.6 Å². The summed E-state index contributed by atoms with van der Waals surface area (Å²) in [5, 5.41) is 0. The fourth-order valence-electron chi connectivity index (χ4n) is 2.08. The second-order valence-electron chi connectivity index (χ2n) is 4.71. The molecule has 1 unspecified atom stereocenters. The van der Waals surface area contributed by atoms with Crippen molar-refractivity contribution in [3.63, 3.8) is 0 Å². The molecule has 6 nitrogen and oxygen atoms in total. The number of nitrogen functional groups attached to an aromatic ring is 1. The lowest BCUT2D eigenvalue weighted by molar-refractivity contribution is 0.168. The van der Waals surface area contributed by atoms with Crippen LogP contribution in [-0.2, 0) is 9.47 Å². The van der Waals surface area contributed by atoms with Crippen molar-refractivity contribution in [3.05, 3.63) is 18.2 Å². The predicted octanol–water partition coefficient (Wildman–Crippen LogP) is 1.90. The zero-order valence-corrected chi connectivity index (χ0v) is 12.1. The summed E-state index contributed by atoms with van der Waals surface area (Å²) in [6.45, 7) is 3.92. The molecule has 2 N–H and O–H groups in total. The summed E-state index contributed by atoms with van der Waals surface area (Å²) in [6, 6.07) is 6.14. The minimum atomic E-state index is 0.139. The molecule has 0 aliphatic rings. The molecule has 0 radical (unpaired) electrons. The van der Waals surface area contributed by atoms with Gasteiger partial charge in [-0.05, 0) is 25.1 Å². The van der Waals surface area contributed by atoms with E-state index < -0.39 is 0 Å². The van der Waals surface area contributed by atoms with E-state index in [1.165, 1.54) is 0 Å². The molecule has 0 aliphatic carbocycles. The lowest BCUT2D eigenvalue weighted by Gasteiger charge is -2.26. The predicted molar refractivity (Wildman–Crippen MR) is 79.0 cm³/mol. The van der Waals surface area contributed by atoms with Gasteiger partial charge in [0.15, 0.2) is 5.58 Å². The van der Waals surface area contributed by atoms with Gasteiger partial charge in [-0.15, -0.1) is 0 Å². The minimum Gasteiger partial charge on any atom is -0.423 e. The third-order valence-electron chi connectivity index (χ3n) is 3.12. The molecule has 2 rings (SSSR count). The zero-order chi connectivity index (χ0) is 14.5. The normalized spacial score (nSPS) is 12.8. The van der Waals surface area contributed by atoms with E-state index in [1.54, 1.807) is 26.4 Å². The molecule has 0 amide bonds. The van der Waals surface area contributed by atoms with Crippen molar-refractivity contribution in [2.24, 2.45) is 0 Å². The fourth-order valence-corrected chi connectivity index (χ4v) is 2.08. The van der Waals surface area contributed by atoms with Crippen molar-refractivity contribution in [1.82, 2.24) is 4.98 Å². The largest absolute Gasteiger partial charge is 0.423 e. The molecule has 20 heavy (non-hydrogen) atoms. The highest BCUT2D eigenvalue weighted by molar-refractivity contribution is 5.78. The van der Waals surface area contributed by atoms with Gasteiger partial charge in [-0.3, -0.25) is 0 Å². The maximum atomic E-state index is 5.80. The number of oxazole rings is 1. The fraction of sp³-hybridized carbons (Fsp3) is 0.500. The highest BCUT2D eigenvalue weighted by Crippen LogP contribution is 2.24. The topological polar surface area (TPSA) is 73.8 Å². The van der Waals surface area contributed by atoms with Crippen molar-refractivity contribution >= 4 is 22.8 Å². The first-order valence-corrected chi connectivity index (χ1v) is 6.56. The van der Waals surface area contributed by atoms with Gasteiger partial charge in [0.2, 0.25) is 0 Å². The van der Waals surface area contributed by atoms with E-state index in [4.69, 9.17) is 19.6 Å². The van der Waals surface area contributed by atoms with E-state index in [-0.39, 0.29) is 6.04 Å². The standard InChI is InChI=1S/C14H21N3O3/c1-10(9-19-3)17(6-7-18-2)14-16-12-8-11(15)4-5-13(12)20-14/h4-5,8,10H,6-7,9,15H2,1-3H3. The Bertz CT molecular complexity index is 556. The van der Waals surface area contributed by atoms with Crippen LogP contribution in [0.4, 0.5) is 11.7 Å². The molecular formula is C14H21N3O3. The Morgan fingerprint density at radius 1 is 1.35 bits per heavy atom. The average Bonchev–Trinajstić information content (AvgIpc) is 2.82. The van der Waals surface area contributed by atoms with Crippen LogP contribution in [0.15, 0.2) is 22.6 Å². The number of rotatable bonds is 7. The number of hydrogen-bond acceptors (Lipinski definition) is 6. The molecule has 110 valence electrons. The van der Waals surface area contributed by atoms with Crippen LogP contribution in [0.5, 0.6) is 0 Å². The molecule has 1 atom stereocenters. The summed E-state index contributed by atoms with van der Waals surface area (Å²) in [4.78, 5) is 6.53. The first kappa shape index (κ1) is 14.6. The number of aromatic nitrogens is 1. The van der Waals surface area contributed by atoms with E-state index in [9.17, 15) is 0 Å². The third kappa shape index (κ3) is 3.20. The van der Waals surface area contributed by atoms with Crippen LogP contribution in [0.1, 0.15) is 6.92 Å². The summed E-state index contributed by atoms with van der Waals surface area (Å²) in [5.74, 6) is 0. The molecule has 6 heteroatoms. The number of anilines is 2. The van der Waals surface area contributed by atoms with E-state index in [0.29, 0.717) is 31.5 Å². The van der Waals surface area contributed by atoms with Gasteiger partial charge in [0.25, 0.3) is 6.01 Å². The van der Waals surface area contributed by atoms with Gasteiger partial charge < -0.3 is 24.5 Å². The number of methoxy groups -OCH3 is 2. The Labute approximate surface area is 118 Å². The van der Waals surface area contributed by atoms with Gasteiger partial charge in [0, 0.05) is 26.5 Å². The average molecular weight is 279 g/mol. The minimum absolute atomic E-state index is 0.139. The van der Waals surface area contributed by atoms with Crippen LogP contribution in [0.25, 0.3) is 11.1 Å². The lowest BCUT2D eigenvalue weighted by Crippen LogP contribution is -2.38. The molecule has 1 aromatic carbocycles. The number of hydrogen-bond donors (Lipinski definition) is 1. The third-order valence-corrected chi connectivity index (χ3v) is 3.12. The van der Waals surface area contributed by atoms with Crippen LogP contribution in [-0.4, -0.2) is 45.0 Å². The van der Waals surface area contributed by atoms with Crippen LogP contribution in [0, 0.1) is 0 Å². The molecule has 0 bridgehead atoms. The van der Waals surface area contributed by atoms with Crippen LogP contribution >= 0.6 is 0 Å². The van der Waals surface area contributed by atoms with Crippen molar-refractivity contribution in [1.29, 1.82) is 0 Å². The Hall–Kier alpha value is -1.79. The molecule has 0 fully saturated rings. The second-order valence-corrected chi connectivity index (χ2v) is 4.71. The first-order chi connectivity index (χ1) is 9.65. The van der Waals surface area contributed by atoms with Crippen molar-refractivity contribution < 1.29 is 13.9 Å². The lowest BCUT2D eigenvalue weighted by atomic mass is 10.3. The Morgan fingerprint density at radius 2 is 2.15 bits per heavy atom. The van der Waals surface area contributed by atoms with Gasteiger partial charge in [-0.25, -0.2) is 0 Å². The number of benzene rings is 1. The van der Waals surface area contributed by atoms with Crippen molar-refractivity contribution in [3.8, 4) is 0 Å². The first-order valence-electron chi connectivity index (χ1n) is 6.56. The molecule has 1 aromatic heterocycles. The Kier molecular flexibility index (Phi) is 4.81. The highest BCUT2D eigenvalue weighted by atomic mass is 16.5. The molecule has 1 heterocycles. The number of nitrogens with zero attached hydrogens (tertiary/aromatic N) is 2. The van der Waals surface area contributed by atoms with Gasteiger partial charge in [-0.2, -0.15) is 4.98 Å². The maximum Gasteiger partial charge on any atom is 0.298 e. The molecule has 0 spiro atoms. The molecule has 0 aliphatic heterocycles. The van der Waals surface area contributed by atoms with Crippen LogP contribution in [0.3, 0.4) is 0 Å². The highest BCUT2D eigenvalue weighted by Gasteiger charge is 2.19. The van der Waals surface area contributed by atoms with Gasteiger partial charge in [0.05, 0.1) is 19.3 Å². The van der Waals surface area contributed by atoms with Crippen molar-refractivity contribution in [2.45, 2.75) is 13.0 Å². The maximum absolute atomic E-state index is 5.80. The molecule has 0 saturated carbocycles. The van der Waals surface area contributed by atoms with Gasteiger partial charge in [-0.1, -0.05) is 0 Å². The number of nitrogens with two attached hydrogens (primary N) is 1. The van der Waals surface area contributed by atoms with E-state index in [2.05, 4.69) is 11.9 Å². The van der Waals surface area contributed by atoms with E-state index in [1.807, 2.05) is 11.0 Å².